The minimum Gasteiger partial charge on any atom is -0.390 e. The maximum absolute atomic E-state index is 9.08. The van der Waals surface area contributed by atoms with E-state index in [9.17, 15) is 0 Å². The lowest BCUT2D eigenvalue weighted by atomic mass is 9.95. The van der Waals surface area contributed by atoms with E-state index in [0.29, 0.717) is 13.1 Å². The highest BCUT2D eigenvalue weighted by atomic mass is 15.2. The van der Waals surface area contributed by atoms with Crippen molar-refractivity contribution in [3.05, 3.63) is 53.5 Å². The molecule has 140 valence electrons. The first-order valence-electron chi connectivity index (χ1n) is 8.69. The molecule has 7 heteroatoms. The third kappa shape index (κ3) is 6.86. The highest BCUT2D eigenvalue weighted by Gasteiger charge is 2.18. The first kappa shape index (κ1) is 20.0. The van der Waals surface area contributed by atoms with Crippen molar-refractivity contribution in [2.75, 3.05) is 11.4 Å². The van der Waals surface area contributed by atoms with Crippen molar-refractivity contribution in [2.24, 2.45) is 21.1 Å². The summed E-state index contributed by atoms with van der Waals surface area (Å²) in [6.45, 7) is 8.59. The zero-order chi connectivity index (χ0) is 19.7. The predicted octanol–water partition coefficient (Wildman–Crippen LogP) is 2.92. The summed E-state index contributed by atoms with van der Waals surface area (Å²) in [6.07, 6.45) is 4.28. The summed E-state index contributed by atoms with van der Waals surface area (Å²) in [5, 5.41) is 9.08. The highest BCUT2D eigenvalue weighted by molar-refractivity contribution is 5.69. The standard InChI is InChI=1S/C20H25N7/c1-20(2,3)13-27(19-8-9-25-18(10-21)26-19)12-17-6-4-16(5-7-17)11-23-15-24-14-22/h4-9,14-15H,11-13H2,1-3H3,(H2,22,23,24). The van der Waals surface area contributed by atoms with E-state index in [1.54, 1.807) is 6.20 Å². The van der Waals surface area contributed by atoms with E-state index in [-0.39, 0.29) is 11.2 Å². The van der Waals surface area contributed by atoms with Gasteiger partial charge in [-0.05, 0) is 22.6 Å². The number of aromatic nitrogens is 2. The van der Waals surface area contributed by atoms with Crippen molar-refractivity contribution >= 4 is 18.5 Å². The Morgan fingerprint density at radius 3 is 2.52 bits per heavy atom. The van der Waals surface area contributed by atoms with Crippen molar-refractivity contribution < 1.29 is 0 Å². The molecule has 0 unspecified atom stereocenters. The minimum absolute atomic E-state index is 0.0793. The fourth-order valence-corrected chi connectivity index (χ4v) is 2.57. The highest BCUT2D eigenvalue weighted by Crippen LogP contribution is 2.22. The summed E-state index contributed by atoms with van der Waals surface area (Å²) in [6, 6.07) is 12.1. The molecule has 1 aromatic carbocycles. The largest absolute Gasteiger partial charge is 0.390 e. The van der Waals surface area contributed by atoms with Crippen LogP contribution in [0, 0.1) is 16.7 Å². The van der Waals surface area contributed by atoms with Crippen molar-refractivity contribution in [3.8, 4) is 6.07 Å². The van der Waals surface area contributed by atoms with Crippen molar-refractivity contribution in [2.45, 2.75) is 33.9 Å². The lowest BCUT2D eigenvalue weighted by molar-refractivity contribution is 0.407. The first-order chi connectivity index (χ1) is 12.9. The molecule has 0 atom stereocenters. The second kappa shape index (κ2) is 9.43. The molecule has 0 spiro atoms. The average molecular weight is 363 g/mol. The molecular weight excluding hydrogens is 338 g/mol. The molecule has 2 N–H and O–H groups in total. The van der Waals surface area contributed by atoms with Gasteiger partial charge in [0.25, 0.3) is 0 Å². The van der Waals surface area contributed by atoms with Gasteiger partial charge >= 0.3 is 0 Å². The molecule has 0 aliphatic carbocycles. The van der Waals surface area contributed by atoms with E-state index in [0.717, 1.165) is 23.5 Å². The Labute approximate surface area is 160 Å². The molecule has 0 aliphatic heterocycles. The predicted molar refractivity (Wildman–Crippen MR) is 109 cm³/mol. The fraction of sp³-hybridized carbons (Fsp3) is 0.350. The zero-order valence-electron chi connectivity index (χ0n) is 16.0. The van der Waals surface area contributed by atoms with E-state index in [2.05, 4.69) is 69.9 Å². The van der Waals surface area contributed by atoms with Gasteiger partial charge in [0.15, 0.2) is 0 Å². The second-order valence-corrected chi connectivity index (χ2v) is 7.34. The van der Waals surface area contributed by atoms with Gasteiger partial charge in [-0.1, -0.05) is 45.0 Å². The number of rotatable bonds is 7. The van der Waals surface area contributed by atoms with Crippen molar-refractivity contribution in [3.63, 3.8) is 0 Å². The molecule has 2 rings (SSSR count). The lowest BCUT2D eigenvalue weighted by Crippen LogP contribution is -2.33. The monoisotopic (exact) mass is 363 g/mol. The Hall–Kier alpha value is -3.27. The number of nitriles is 1. The molecule has 0 fully saturated rings. The number of hydrogen-bond donors (Lipinski definition) is 1. The summed E-state index contributed by atoms with van der Waals surface area (Å²) in [4.78, 5) is 18.4. The van der Waals surface area contributed by atoms with Gasteiger partial charge in [-0.15, -0.1) is 0 Å². The van der Waals surface area contributed by atoms with Crippen LogP contribution in [0.3, 0.4) is 0 Å². The van der Waals surface area contributed by atoms with Crippen LogP contribution in [0.1, 0.15) is 37.7 Å². The van der Waals surface area contributed by atoms with E-state index in [4.69, 9.17) is 11.0 Å². The number of aliphatic imine (C=N–C) groups is 2. The summed E-state index contributed by atoms with van der Waals surface area (Å²) >= 11 is 0. The maximum Gasteiger partial charge on any atom is 0.234 e. The Bertz CT molecular complexity index is 827. The SMILES string of the molecule is CC(C)(C)CN(Cc1ccc(CN=CN=CN)cc1)c1ccnc(C#N)n1. The minimum atomic E-state index is 0.0793. The third-order valence-corrected chi connectivity index (χ3v) is 3.63. The van der Waals surface area contributed by atoms with Crippen LogP contribution in [0.25, 0.3) is 0 Å². The topological polar surface area (TPSA) is 104 Å². The van der Waals surface area contributed by atoms with Crippen LogP contribution < -0.4 is 10.6 Å². The summed E-state index contributed by atoms with van der Waals surface area (Å²) < 4.78 is 0. The van der Waals surface area contributed by atoms with Crippen LogP contribution in [0.15, 0.2) is 46.5 Å². The molecule has 0 amide bonds. The molecule has 0 bridgehead atoms. The number of nitrogens with two attached hydrogens (primary N) is 1. The lowest BCUT2D eigenvalue weighted by Gasteiger charge is -2.31. The second-order valence-electron chi connectivity index (χ2n) is 7.34. The average Bonchev–Trinajstić information content (AvgIpc) is 2.65. The summed E-state index contributed by atoms with van der Waals surface area (Å²) in [7, 11) is 0. The molecular formula is C20H25N7. The first-order valence-corrected chi connectivity index (χ1v) is 8.69. The van der Waals surface area contributed by atoms with Crippen LogP contribution in [0.5, 0.6) is 0 Å². The van der Waals surface area contributed by atoms with Crippen molar-refractivity contribution in [1.82, 2.24) is 9.97 Å². The van der Waals surface area contributed by atoms with E-state index >= 15 is 0 Å². The van der Waals surface area contributed by atoms with Gasteiger partial charge in [0, 0.05) is 19.3 Å². The molecule has 7 nitrogen and oxygen atoms in total. The van der Waals surface area contributed by atoms with E-state index < -0.39 is 0 Å². The van der Waals surface area contributed by atoms with E-state index in [1.165, 1.54) is 12.7 Å². The normalized spacial score (nSPS) is 11.8. The maximum atomic E-state index is 9.08. The van der Waals surface area contributed by atoms with Gasteiger partial charge in [0.2, 0.25) is 5.82 Å². The number of hydrogen-bond acceptors (Lipinski definition) is 5. The summed E-state index contributed by atoms with van der Waals surface area (Å²) in [5.74, 6) is 0.935. The molecule has 0 saturated heterocycles. The van der Waals surface area contributed by atoms with Gasteiger partial charge in [-0.25, -0.2) is 15.0 Å². The Kier molecular flexibility index (Phi) is 7.00. The van der Waals surface area contributed by atoms with Gasteiger partial charge in [-0.3, -0.25) is 4.99 Å². The van der Waals surface area contributed by atoms with Crippen LogP contribution in [0.2, 0.25) is 0 Å². The molecule has 1 heterocycles. The smallest absolute Gasteiger partial charge is 0.234 e. The van der Waals surface area contributed by atoms with Gasteiger partial charge in [-0.2, -0.15) is 5.26 Å². The quantitative estimate of drug-likeness (QED) is 0.602. The van der Waals surface area contributed by atoms with Crippen LogP contribution >= 0.6 is 0 Å². The summed E-state index contributed by atoms with van der Waals surface area (Å²) in [5.41, 5.74) is 7.50. The Morgan fingerprint density at radius 2 is 1.89 bits per heavy atom. The molecule has 2 aromatic rings. The van der Waals surface area contributed by atoms with Gasteiger partial charge < -0.3 is 10.6 Å². The molecule has 0 aliphatic rings. The van der Waals surface area contributed by atoms with Gasteiger partial charge in [0.1, 0.15) is 18.2 Å². The Balaban J connectivity index is 2.16. The number of nitrogens with zero attached hydrogens (tertiary/aromatic N) is 6. The number of benzene rings is 1. The molecule has 0 saturated carbocycles. The van der Waals surface area contributed by atoms with Gasteiger partial charge in [0.05, 0.1) is 12.9 Å². The van der Waals surface area contributed by atoms with Crippen molar-refractivity contribution in [1.29, 1.82) is 5.26 Å². The number of anilines is 1. The third-order valence-electron chi connectivity index (χ3n) is 3.63. The molecule has 27 heavy (non-hydrogen) atoms. The molecule has 0 radical (unpaired) electrons. The molecule has 1 aromatic heterocycles. The fourth-order valence-electron chi connectivity index (χ4n) is 2.57. The van der Waals surface area contributed by atoms with E-state index in [1.807, 2.05) is 12.1 Å². The van der Waals surface area contributed by atoms with Crippen LogP contribution in [-0.2, 0) is 13.1 Å². The van der Waals surface area contributed by atoms with Crippen LogP contribution in [-0.4, -0.2) is 29.2 Å². The zero-order valence-corrected chi connectivity index (χ0v) is 16.0. The van der Waals surface area contributed by atoms with Crippen LogP contribution in [0.4, 0.5) is 5.82 Å². The Morgan fingerprint density at radius 1 is 1.19 bits per heavy atom.